The first-order valence-corrected chi connectivity index (χ1v) is 5.84. The maximum absolute atomic E-state index is 11.7. The van der Waals surface area contributed by atoms with Crippen LogP contribution in [-0.4, -0.2) is 42.9 Å². The van der Waals surface area contributed by atoms with Crippen molar-refractivity contribution in [1.82, 2.24) is 10.2 Å². The van der Waals surface area contributed by atoms with Gasteiger partial charge in [-0.25, -0.2) is 0 Å². The van der Waals surface area contributed by atoms with Gasteiger partial charge in [0.25, 0.3) is 0 Å². The molecule has 0 aliphatic carbocycles. The zero-order chi connectivity index (χ0) is 12.1. The molecule has 0 aromatic heterocycles. The second kappa shape index (κ2) is 7.50. The van der Waals surface area contributed by atoms with Crippen LogP contribution in [0.15, 0.2) is 0 Å². The van der Waals surface area contributed by atoms with Crippen molar-refractivity contribution in [3.05, 3.63) is 0 Å². The molecule has 6 heteroatoms. The smallest absolute Gasteiger partial charge is 0.225 e. The first kappa shape index (κ1) is 16.2. The van der Waals surface area contributed by atoms with Gasteiger partial charge in [0.05, 0.1) is 5.92 Å². The van der Waals surface area contributed by atoms with Gasteiger partial charge in [0.15, 0.2) is 0 Å². The molecule has 1 aliphatic rings. The van der Waals surface area contributed by atoms with Crippen LogP contribution >= 0.6 is 12.4 Å². The maximum Gasteiger partial charge on any atom is 0.225 e. The van der Waals surface area contributed by atoms with Crippen LogP contribution in [0.2, 0.25) is 0 Å². The zero-order valence-corrected chi connectivity index (χ0v) is 11.3. The van der Waals surface area contributed by atoms with Gasteiger partial charge in [-0.2, -0.15) is 0 Å². The molecule has 3 N–H and O–H groups in total. The zero-order valence-electron chi connectivity index (χ0n) is 10.4. The number of carbonyl (C=O) groups excluding carboxylic acids is 2. The van der Waals surface area contributed by atoms with Crippen LogP contribution in [-0.2, 0) is 9.59 Å². The molecule has 5 nitrogen and oxygen atoms in total. The number of carbonyl (C=O) groups is 2. The van der Waals surface area contributed by atoms with Gasteiger partial charge in [-0.05, 0) is 19.4 Å². The van der Waals surface area contributed by atoms with E-state index in [1.54, 1.807) is 4.90 Å². The Bertz CT molecular complexity index is 273. The standard InChI is InChI=1S/C11H21N3O2.ClH/c1-3-14-7-9(4-10(14)15)11(16)13-6-8(2)5-12;/h8-9H,3-7,12H2,1-2H3,(H,13,16);1H. The predicted octanol–water partition coefficient (Wildman–Crippen LogP) is -0.0124. The quantitative estimate of drug-likeness (QED) is 0.733. The predicted molar refractivity (Wildman–Crippen MR) is 68.8 cm³/mol. The minimum Gasteiger partial charge on any atom is -0.355 e. The monoisotopic (exact) mass is 263 g/mol. The lowest BCUT2D eigenvalue weighted by atomic mass is 10.1. The highest BCUT2D eigenvalue weighted by Crippen LogP contribution is 2.17. The Morgan fingerprint density at radius 2 is 2.29 bits per heavy atom. The lowest BCUT2D eigenvalue weighted by molar-refractivity contribution is -0.128. The molecule has 1 saturated heterocycles. The van der Waals surface area contributed by atoms with Crippen molar-refractivity contribution in [1.29, 1.82) is 0 Å². The molecule has 100 valence electrons. The summed E-state index contributed by atoms with van der Waals surface area (Å²) in [4.78, 5) is 24.9. The van der Waals surface area contributed by atoms with E-state index in [0.29, 0.717) is 32.6 Å². The van der Waals surface area contributed by atoms with E-state index >= 15 is 0 Å². The van der Waals surface area contributed by atoms with E-state index in [4.69, 9.17) is 5.73 Å². The number of hydrogen-bond acceptors (Lipinski definition) is 3. The molecule has 0 bridgehead atoms. The topological polar surface area (TPSA) is 75.4 Å². The minimum absolute atomic E-state index is 0. The van der Waals surface area contributed by atoms with Gasteiger partial charge in [-0.1, -0.05) is 6.92 Å². The van der Waals surface area contributed by atoms with Gasteiger partial charge in [0, 0.05) is 26.1 Å². The van der Waals surface area contributed by atoms with E-state index in [9.17, 15) is 9.59 Å². The fraction of sp³-hybridized carbons (Fsp3) is 0.818. The van der Waals surface area contributed by atoms with Gasteiger partial charge in [0.1, 0.15) is 0 Å². The van der Waals surface area contributed by atoms with Crippen LogP contribution in [0.1, 0.15) is 20.3 Å². The molecular formula is C11H22ClN3O2. The summed E-state index contributed by atoms with van der Waals surface area (Å²) in [5.41, 5.74) is 5.46. The molecule has 0 radical (unpaired) electrons. The molecule has 1 aliphatic heterocycles. The van der Waals surface area contributed by atoms with Crippen molar-refractivity contribution in [2.45, 2.75) is 20.3 Å². The van der Waals surface area contributed by atoms with E-state index in [1.807, 2.05) is 13.8 Å². The van der Waals surface area contributed by atoms with Crippen molar-refractivity contribution in [3.8, 4) is 0 Å². The van der Waals surface area contributed by atoms with Crippen LogP contribution in [0.3, 0.4) is 0 Å². The molecule has 17 heavy (non-hydrogen) atoms. The summed E-state index contributed by atoms with van der Waals surface area (Å²) in [6.45, 7) is 6.30. The number of nitrogens with one attached hydrogen (secondary N) is 1. The highest BCUT2D eigenvalue weighted by atomic mass is 35.5. The largest absolute Gasteiger partial charge is 0.355 e. The Hall–Kier alpha value is -0.810. The van der Waals surface area contributed by atoms with Crippen molar-refractivity contribution in [2.75, 3.05) is 26.2 Å². The average Bonchev–Trinajstić information content (AvgIpc) is 2.66. The molecule has 2 amide bonds. The summed E-state index contributed by atoms with van der Waals surface area (Å²) >= 11 is 0. The molecule has 0 saturated carbocycles. The molecule has 0 spiro atoms. The Morgan fingerprint density at radius 3 is 2.76 bits per heavy atom. The third kappa shape index (κ3) is 4.52. The number of rotatable bonds is 5. The average molecular weight is 264 g/mol. The number of nitrogens with zero attached hydrogens (tertiary/aromatic N) is 1. The molecule has 0 aromatic carbocycles. The summed E-state index contributed by atoms with van der Waals surface area (Å²) in [6.07, 6.45) is 0.344. The number of nitrogens with two attached hydrogens (primary N) is 1. The first-order chi connectivity index (χ1) is 7.58. The maximum atomic E-state index is 11.7. The molecule has 1 heterocycles. The van der Waals surface area contributed by atoms with Crippen LogP contribution in [0.5, 0.6) is 0 Å². The summed E-state index contributed by atoms with van der Waals surface area (Å²) < 4.78 is 0. The number of hydrogen-bond donors (Lipinski definition) is 2. The van der Waals surface area contributed by atoms with Crippen molar-refractivity contribution in [3.63, 3.8) is 0 Å². The molecule has 1 rings (SSSR count). The molecule has 2 atom stereocenters. The highest BCUT2D eigenvalue weighted by Gasteiger charge is 2.33. The molecule has 1 fully saturated rings. The van der Waals surface area contributed by atoms with Gasteiger partial charge >= 0.3 is 0 Å². The van der Waals surface area contributed by atoms with E-state index in [0.717, 1.165) is 0 Å². The van der Waals surface area contributed by atoms with E-state index in [2.05, 4.69) is 5.32 Å². The first-order valence-electron chi connectivity index (χ1n) is 5.84. The van der Waals surface area contributed by atoms with E-state index in [-0.39, 0.29) is 36.1 Å². The highest BCUT2D eigenvalue weighted by molar-refractivity contribution is 5.89. The van der Waals surface area contributed by atoms with Gasteiger partial charge in [-0.3, -0.25) is 9.59 Å². The van der Waals surface area contributed by atoms with Gasteiger partial charge in [-0.15, -0.1) is 12.4 Å². The van der Waals surface area contributed by atoms with Crippen molar-refractivity contribution >= 4 is 24.2 Å². The molecular weight excluding hydrogens is 242 g/mol. The van der Waals surface area contributed by atoms with Crippen LogP contribution in [0, 0.1) is 11.8 Å². The van der Waals surface area contributed by atoms with Gasteiger partial charge < -0.3 is 16.0 Å². The number of amides is 2. The van der Waals surface area contributed by atoms with Crippen molar-refractivity contribution < 1.29 is 9.59 Å². The Balaban J connectivity index is 0.00000256. The number of likely N-dealkylation sites (tertiary alicyclic amines) is 1. The Morgan fingerprint density at radius 1 is 1.65 bits per heavy atom. The minimum atomic E-state index is -0.183. The third-order valence-electron chi connectivity index (χ3n) is 2.99. The molecule has 0 aromatic rings. The Kier molecular flexibility index (Phi) is 7.15. The van der Waals surface area contributed by atoms with E-state index < -0.39 is 0 Å². The fourth-order valence-electron chi connectivity index (χ4n) is 1.76. The fourth-order valence-corrected chi connectivity index (χ4v) is 1.76. The number of halogens is 1. The van der Waals surface area contributed by atoms with Gasteiger partial charge in [0.2, 0.25) is 11.8 Å². The Labute approximate surface area is 109 Å². The summed E-state index contributed by atoms with van der Waals surface area (Å²) in [6, 6.07) is 0. The van der Waals surface area contributed by atoms with Crippen LogP contribution in [0.25, 0.3) is 0 Å². The lowest BCUT2D eigenvalue weighted by Gasteiger charge is -2.15. The van der Waals surface area contributed by atoms with Crippen LogP contribution in [0.4, 0.5) is 0 Å². The normalized spacial score (nSPS) is 21.0. The summed E-state index contributed by atoms with van der Waals surface area (Å²) in [7, 11) is 0. The second-order valence-corrected chi connectivity index (χ2v) is 4.42. The van der Waals surface area contributed by atoms with Crippen molar-refractivity contribution in [2.24, 2.45) is 17.6 Å². The summed E-state index contributed by atoms with van der Waals surface area (Å²) in [5.74, 6) is 0.153. The lowest BCUT2D eigenvalue weighted by Crippen LogP contribution is -2.36. The third-order valence-corrected chi connectivity index (χ3v) is 2.99. The molecule has 2 unspecified atom stereocenters. The van der Waals surface area contributed by atoms with Crippen LogP contribution < -0.4 is 11.1 Å². The van der Waals surface area contributed by atoms with E-state index in [1.165, 1.54) is 0 Å². The summed E-state index contributed by atoms with van der Waals surface area (Å²) in [5, 5.41) is 2.84. The SMILES string of the molecule is CCN1CC(C(=O)NCC(C)CN)CC1=O.Cl. The second-order valence-electron chi connectivity index (χ2n) is 4.42.